The highest BCUT2D eigenvalue weighted by atomic mass is 19.4. The molecule has 6 nitrogen and oxygen atoms in total. The van der Waals surface area contributed by atoms with E-state index in [1.807, 2.05) is 0 Å². The summed E-state index contributed by atoms with van der Waals surface area (Å²) in [5.41, 5.74) is -4.10. The van der Waals surface area contributed by atoms with Crippen molar-refractivity contribution in [3.8, 4) is 16.9 Å². The van der Waals surface area contributed by atoms with Gasteiger partial charge in [-0.3, -0.25) is 4.79 Å². The number of ether oxygens (including phenoxy) is 2. The van der Waals surface area contributed by atoms with Gasteiger partial charge >= 0.3 is 18.2 Å². The van der Waals surface area contributed by atoms with Crippen molar-refractivity contribution >= 4 is 12.1 Å². The minimum atomic E-state index is -4.96. The fraction of sp³-hybridized carbons (Fsp3) is 0.417. The molecule has 1 atom stereocenters. The van der Waals surface area contributed by atoms with Crippen molar-refractivity contribution in [1.82, 2.24) is 5.32 Å². The maximum absolute atomic E-state index is 15.7. The number of nitrogens with one attached hydrogen (secondary N) is 1. The highest BCUT2D eigenvalue weighted by molar-refractivity contribution is 5.77. The number of halogens is 5. The van der Waals surface area contributed by atoms with Gasteiger partial charge in [-0.1, -0.05) is 0 Å². The van der Waals surface area contributed by atoms with Crippen LogP contribution < -0.4 is 5.32 Å². The number of benzene rings is 2. The molecule has 2 aromatic carbocycles. The molecule has 0 bridgehead atoms. The molecule has 0 saturated heterocycles. The molecule has 0 saturated carbocycles. The van der Waals surface area contributed by atoms with Crippen LogP contribution in [0.25, 0.3) is 11.1 Å². The standard InChI is InChI=1S/C24H26F5NO5/c1-6-34-19(32)11-17(30-22(33)35-23(3,4)5)15-8-13(24(27,28)29)9-16(21(15)26)20-12(2)7-14(25)10-18(20)31/h7-10,17,31H,6,11H2,1-5H3,(H,30,33)/t17-/m0/s1. The number of phenolic OH excluding ortho intramolecular Hbond substituents is 1. The van der Waals surface area contributed by atoms with E-state index in [4.69, 9.17) is 9.47 Å². The largest absolute Gasteiger partial charge is 0.507 e. The van der Waals surface area contributed by atoms with Crippen LogP contribution in [-0.2, 0) is 20.4 Å². The van der Waals surface area contributed by atoms with E-state index < -0.39 is 70.4 Å². The summed E-state index contributed by atoms with van der Waals surface area (Å²) in [5, 5.41) is 12.4. The summed E-state index contributed by atoms with van der Waals surface area (Å²) in [6, 6.07) is 0.858. The Labute approximate surface area is 199 Å². The molecular formula is C24H26F5NO5. The number of aromatic hydroxyl groups is 1. The summed E-state index contributed by atoms with van der Waals surface area (Å²) >= 11 is 0. The van der Waals surface area contributed by atoms with Gasteiger partial charge in [0.15, 0.2) is 0 Å². The minimum absolute atomic E-state index is 0.0336. The van der Waals surface area contributed by atoms with Crippen LogP contribution in [-0.4, -0.2) is 29.4 Å². The summed E-state index contributed by atoms with van der Waals surface area (Å²) in [4.78, 5) is 24.5. The molecule has 2 rings (SSSR count). The lowest BCUT2D eigenvalue weighted by Gasteiger charge is -2.25. The van der Waals surface area contributed by atoms with Crippen molar-refractivity contribution < 1.29 is 46.1 Å². The molecule has 1 amide bonds. The van der Waals surface area contributed by atoms with Crippen molar-refractivity contribution in [3.05, 3.63) is 52.6 Å². The first-order valence-electron chi connectivity index (χ1n) is 10.6. The van der Waals surface area contributed by atoms with Gasteiger partial charge in [-0.25, -0.2) is 13.6 Å². The summed E-state index contributed by atoms with van der Waals surface area (Å²) in [6.45, 7) is 7.34. The Morgan fingerprint density at radius 1 is 1.09 bits per heavy atom. The van der Waals surface area contributed by atoms with Gasteiger partial charge in [0, 0.05) is 22.8 Å². The van der Waals surface area contributed by atoms with E-state index in [0.29, 0.717) is 18.2 Å². The molecular weight excluding hydrogens is 477 g/mol. The second kappa shape index (κ2) is 10.5. The second-order valence-electron chi connectivity index (χ2n) is 8.75. The lowest BCUT2D eigenvalue weighted by atomic mass is 9.91. The molecule has 2 N–H and O–H groups in total. The number of amides is 1. The number of carbonyl (C=O) groups excluding carboxylic acids is 2. The Morgan fingerprint density at radius 3 is 2.23 bits per heavy atom. The van der Waals surface area contributed by atoms with E-state index in [2.05, 4.69) is 5.32 Å². The van der Waals surface area contributed by atoms with Crippen LogP contribution in [0.2, 0.25) is 0 Å². The van der Waals surface area contributed by atoms with E-state index in [1.54, 1.807) is 0 Å². The van der Waals surface area contributed by atoms with E-state index >= 15 is 4.39 Å². The number of hydrogen-bond donors (Lipinski definition) is 2. The first kappa shape index (κ1) is 27.9. The van der Waals surface area contributed by atoms with Gasteiger partial charge in [-0.05, 0) is 58.4 Å². The predicted octanol–water partition coefficient (Wildman–Crippen LogP) is 6.18. The second-order valence-corrected chi connectivity index (χ2v) is 8.75. The van der Waals surface area contributed by atoms with Crippen molar-refractivity contribution in [3.63, 3.8) is 0 Å². The zero-order chi connectivity index (χ0) is 26.7. The monoisotopic (exact) mass is 503 g/mol. The molecule has 0 spiro atoms. The average Bonchev–Trinajstić information content (AvgIpc) is 2.65. The van der Waals surface area contributed by atoms with Gasteiger partial charge in [-0.15, -0.1) is 0 Å². The third-order valence-corrected chi connectivity index (χ3v) is 4.72. The molecule has 0 unspecified atom stereocenters. The Kier molecular flexibility index (Phi) is 8.35. The smallest absolute Gasteiger partial charge is 0.416 e. The summed E-state index contributed by atoms with van der Waals surface area (Å²) < 4.78 is 80.6. The number of rotatable bonds is 6. The van der Waals surface area contributed by atoms with Crippen LogP contribution in [0, 0.1) is 18.6 Å². The topological polar surface area (TPSA) is 84.9 Å². The molecule has 0 radical (unpaired) electrons. The highest BCUT2D eigenvalue weighted by Crippen LogP contribution is 2.41. The molecule has 11 heteroatoms. The number of hydrogen-bond acceptors (Lipinski definition) is 5. The van der Waals surface area contributed by atoms with Crippen LogP contribution in [0.1, 0.15) is 56.8 Å². The summed E-state index contributed by atoms with van der Waals surface area (Å²) in [5.74, 6) is -3.82. The molecule has 0 heterocycles. The average molecular weight is 503 g/mol. The number of alkyl carbamates (subject to hydrolysis) is 1. The molecule has 0 aliphatic carbocycles. The van der Waals surface area contributed by atoms with Crippen LogP contribution in [0.15, 0.2) is 24.3 Å². The van der Waals surface area contributed by atoms with Crippen molar-refractivity contribution in [2.45, 2.75) is 58.9 Å². The number of esters is 1. The SMILES string of the molecule is CCOC(=O)C[C@H](NC(=O)OC(C)(C)C)c1cc(C(F)(F)F)cc(-c2c(C)cc(F)cc2O)c1F. The van der Waals surface area contributed by atoms with Crippen LogP contribution in [0.4, 0.5) is 26.7 Å². The number of alkyl halides is 3. The third-order valence-electron chi connectivity index (χ3n) is 4.72. The van der Waals surface area contributed by atoms with E-state index in [1.165, 1.54) is 34.6 Å². The molecule has 0 aliphatic rings. The van der Waals surface area contributed by atoms with E-state index in [9.17, 15) is 32.3 Å². The fourth-order valence-corrected chi connectivity index (χ4v) is 3.40. The zero-order valence-electron chi connectivity index (χ0n) is 19.8. The number of carbonyl (C=O) groups is 2. The number of phenols is 1. The normalized spacial score (nSPS) is 12.7. The molecule has 0 aromatic heterocycles. The van der Waals surface area contributed by atoms with Crippen molar-refractivity contribution in [2.24, 2.45) is 0 Å². The molecule has 2 aromatic rings. The summed E-state index contributed by atoms with van der Waals surface area (Å²) in [7, 11) is 0. The Balaban J connectivity index is 2.75. The van der Waals surface area contributed by atoms with Gasteiger partial charge in [0.25, 0.3) is 0 Å². The predicted molar refractivity (Wildman–Crippen MR) is 117 cm³/mol. The van der Waals surface area contributed by atoms with Crippen LogP contribution in [0.5, 0.6) is 5.75 Å². The van der Waals surface area contributed by atoms with Crippen molar-refractivity contribution in [2.75, 3.05) is 6.61 Å². The Morgan fingerprint density at radius 2 is 1.71 bits per heavy atom. The number of aryl methyl sites for hydroxylation is 1. The van der Waals surface area contributed by atoms with Crippen molar-refractivity contribution in [1.29, 1.82) is 0 Å². The Bertz CT molecular complexity index is 1090. The molecule has 192 valence electrons. The third kappa shape index (κ3) is 7.30. The van der Waals surface area contributed by atoms with Gasteiger partial charge in [0.05, 0.1) is 24.6 Å². The Hall–Kier alpha value is -3.37. The summed E-state index contributed by atoms with van der Waals surface area (Å²) in [6.07, 6.45) is -6.77. The molecule has 0 aliphatic heterocycles. The van der Waals surface area contributed by atoms with Gasteiger partial charge in [0.2, 0.25) is 0 Å². The zero-order valence-corrected chi connectivity index (χ0v) is 19.8. The van der Waals surface area contributed by atoms with Crippen LogP contribution >= 0.6 is 0 Å². The first-order valence-corrected chi connectivity index (χ1v) is 10.6. The van der Waals surface area contributed by atoms with E-state index in [-0.39, 0.29) is 17.7 Å². The van der Waals surface area contributed by atoms with E-state index in [0.717, 1.165) is 6.07 Å². The van der Waals surface area contributed by atoms with Gasteiger partial charge in [-0.2, -0.15) is 13.2 Å². The highest BCUT2D eigenvalue weighted by Gasteiger charge is 2.35. The first-order chi connectivity index (χ1) is 16.0. The van der Waals surface area contributed by atoms with Crippen LogP contribution in [0.3, 0.4) is 0 Å². The van der Waals surface area contributed by atoms with Gasteiger partial charge in [0.1, 0.15) is 23.0 Å². The lowest BCUT2D eigenvalue weighted by molar-refractivity contribution is -0.143. The molecule has 35 heavy (non-hydrogen) atoms. The minimum Gasteiger partial charge on any atom is -0.507 e. The lowest BCUT2D eigenvalue weighted by Crippen LogP contribution is -2.36. The fourth-order valence-electron chi connectivity index (χ4n) is 3.40. The van der Waals surface area contributed by atoms with Gasteiger partial charge < -0.3 is 19.9 Å². The molecule has 0 fully saturated rings. The maximum atomic E-state index is 15.7. The maximum Gasteiger partial charge on any atom is 0.416 e. The quantitative estimate of drug-likeness (QED) is 0.363.